The van der Waals surface area contributed by atoms with E-state index in [1.165, 1.54) is 17.7 Å². The molecule has 2 atom stereocenters. The molecule has 3 N–H and O–H groups in total. The third kappa shape index (κ3) is 2.66. The molecule has 0 bridgehead atoms. The van der Waals surface area contributed by atoms with E-state index >= 15 is 0 Å². The van der Waals surface area contributed by atoms with Crippen LogP contribution >= 0.6 is 0 Å². The number of nitrogens with zero attached hydrogens (tertiary/aromatic N) is 5. The second-order valence-electron chi connectivity index (χ2n) is 7.12. The number of nitrogens with one attached hydrogen (secondary N) is 1. The van der Waals surface area contributed by atoms with Gasteiger partial charge in [0.05, 0.1) is 5.56 Å². The second-order valence-corrected chi connectivity index (χ2v) is 7.12. The first-order chi connectivity index (χ1) is 13.6. The van der Waals surface area contributed by atoms with Crippen molar-refractivity contribution in [1.29, 1.82) is 0 Å². The molecular formula is C19H17F2N7. The van der Waals surface area contributed by atoms with Crippen LogP contribution < -0.4 is 11.1 Å². The van der Waals surface area contributed by atoms with Gasteiger partial charge in [-0.1, -0.05) is 12.1 Å². The largest absolute Gasteiger partial charge is 0.383 e. The van der Waals surface area contributed by atoms with Gasteiger partial charge in [-0.15, -0.1) is 5.10 Å². The van der Waals surface area contributed by atoms with Crippen LogP contribution in [0, 0.1) is 23.5 Å². The van der Waals surface area contributed by atoms with Crippen LogP contribution in [-0.2, 0) is 0 Å². The smallest absolute Gasteiger partial charge is 0.190 e. The molecule has 28 heavy (non-hydrogen) atoms. The first-order valence-electron chi connectivity index (χ1n) is 9.02. The molecule has 9 heteroatoms. The summed E-state index contributed by atoms with van der Waals surface area (Å²) >= 11 is 0. The van der Waals surface area contributed by atoms with E-state index in [1.54, 1.807) is 6.20 Å². The van der Waals surface area contributed by atoms with Crippen LogP contribution in [0.5, 0.6) is 0 Å². The molecule has 2 aromatic heterocycles. The summed E-state index contributed by atoms with van der Waals surface area (Å²) < 4.78 is 29.1. The minimum absolute atomic E-state index is 0.0921. The van der Waals surface area contributed by atoms with Crippen molar-refractivity contribution in [2.45, 2.75) is 6.42 Å². The van der Waals surface area contributed by atoms with Crippen molar-refractivity contribution in [3.63, 3.8) is 0 Å². The summed E-state index contributed by atoms with van der Waals surface area (Å²) in [5, 5.41) is 14.8. The number of tetrazole rings is 1. The molecule has 7 nitrogen and oxygen atoms in total. The molecule has 0 spiro atoms. The Bertz CT molecular complexity index is 1090. The van der Waals surface area contributed by atoms with Gasteiger partial charge in [0.1, 0.15) is 11.5 Å². The number of aromatic nitrogens is 5. The van der Waals surface area contributed by atoms with E-state index in [4.69, 9.17) is 5.73 Å². The summed E-state index contributed by atoms with van der Waals surface area (Å²) in [7, 11) is 0. The molecule has 1 aliphatic carbocycles. The van der Waals surface area contributed by atoms with E-state index in [0.717, 1.165) is 35.8 Å². The number of benzene rings is 1. The lowest BCUT2D eigenvalue weighted by molar-refractivity contribution is 0.501. The van der Waals surface area contributed by atoms with Crippen LogP contribution in [0.25, 0.3) is 22.6 Å². The number of nitrogen functional groups attached to an aromatic ring is 1. The minimum Gasteiger partial charge on any atom is -0.383 e. The molecular weight excluding hydrogens is 364 g/mol. The van der Waals surface area contributed by atoms with Crippen molar-refractivity contribution in [2.24, 2.45) is 11.8 Å². The second kappa shape index (κ2) is 6.45. The molecule has 0 saturated carbocycles. The predicted octanol–water partition coefficient (Wildman–Crippen LogP) is 2.21. The lowest BCUT2D eigenvalue weighted by Gasteiger charge is -2.11. The zero-order valence-electron chi connectivity index (χ0n) is 14.8. The van der Waals surface area contributed by atoms with E-state index in [0.29, 0.717) is 17.4 Å². The van der Waals surface area contributed by atoms with Crippen molar-refractivity contribution in [1.82, 2.24) is 30.5 Å². The van der Waals surface area contributed by atoms with Crippen molar-refractivity contribution in [3.8, 4) is 17.1 Å². The van der Waals surface area contributed by atoms with Crippen LogP contribution in [0.3, 0.4) is 0 Å². The maximum atomic E-state index is 14.3. The van der Waals surface area contributed by atoms with E-state index in [2.05, 4.69) is 31.9 Å². The molecule has 0 amide bonds. The summed E-state index contributed by atoms with van der Waals surface area (Å²) in [4.78, 5) is 4.29. The quantitative estimate of drug-likeness (QED) is 0.722. The number of anilines is 1. The van der Waals surface area contributed by atoms with Gasteiger partial charge in [-0.05, 0) is 64.6 Å². The summed E-state index contributed by atoms with van der Waals surface area (Å²) in [6, 6.07) is 5.70. The van der Waals surface area contributed by atoms with E-state index in [-0.39, 0.29) is 17.3 Å². The molecule has 1 aromatic carbocycles. The third-order valence-corrected chi connectivity index (χ3v) is 5.45. The number of pyridine rings is 1. The topological polar surface area (TPSA) is 94.5 Å². The summed E-state index contributed by atoms with van der Waals surface area (Å²) in [5.74, 6) is -0.452. The van der Waals surface area contributed by atoms with Gasteiger partial charge in [-0.25, -0.2) is 13.8 Å². The molecule has 2 aliphatic rings. The van der Waals surface area contributed by atoms with Crippen molar-refractivity contribution < 1.29 is 8.78 Å². The SMILES string of the molecule is Nc1ncc(C2=C[C@@H]3CNC[C@@H]3C2)cc1-c1nnnn1-c1cccc(F)c1F. The Kier molecular flexibility index (Phi) is 3.90. The molecule has 3 aromatic rings. The maximum Gasteiger partial charge on any atom is 0.190 e. The Morgan fingerprint density at radius 2 is 2.11 bits per heavy atom. The van der Waals surface area contributed by atoms with Crippen LogP contribution in [0.4, 0.5) is 14.6 Å². The Morgan fingerprint density at radius 1 is 1.21 bits per heavy atom. The van der Waals surface area contributed by atoms with Gasteiger partial charge >= 0.3 is 0 Å². The zero-order valence-corrected chi connectivity index (χ0v) is 14.8. The first kappa shape index (κ1) is 16.9. The van der Waals surface area contributed by atoms with Crippen molar-refractivity contribution in [3.05, 3.63) is 53.7 Å². The summed E-state index contributed by atoms with van der Waals surface area (Å²) in [6.07, 6.45) is 4.97. The normalized spacial score (nSPS) is 21.0. The molecule has 0 radical (unpaired) electrons. The van der Waals surface area contributed by atoms with Crippen molar-refractivity contribution in [2.75, 3.05) is 18.8 Å². The number of allylic oxidation sites excluding steroid dienone is 1. The van der Waals surface area contributed by atoms with Crippen LogP contribution in [0.1, 0.15) is 12.0 Å². The highest BCUT2D eigenvalue weighted by Crippen LogP contribution is 2.39. The highest BCUT2D eigenvalue weighted by atomic mass is 19.2. The van der Waals surface area contributed by atoms with Gasteiger partial charge in [0.2, 0.25) is 0 Å². The summed E-state index contributed by atoms with van der Waals surface area (Å²) in [6.45, 7) is 2.00. The van der Waals surface area contributed by atoms with E-state index in [1.807, 2.05) is 6.07 Å². The number of fused-ring (bicyclic) bond motifs is 1. The highest BCUT2D eigenvalue weighted by Gasteiger charge is 2.32. The number of hydrogen-bond donors (Lipinski definition) is 2. The molecule has 0 unspecified atom stereocenters. The standard InChI is InChI=1S/C19H17F2N7/c20-15-2-1-3-16(17(15)21)28-19(25-26-27-28)14-6-13(9-24-18(14)22)10-4-11-7-23-8-12(11)5-10/h1-4,6,9,11-12,23H,5,7-8H2,(H2,22,24)/t11-,12+/m1/s1. The Morgan fingerprint density at radius 3 is 2.96 bits per heavy atom. The lowest BCUT2D eigenvalue weighted by atomic mass is 9.98. The number of halogens is 2. The van der Waals surface area contributed by atoms with Gasteiger partial charge < -0.3 is 11.1 Å². The first-order valence-corrected chi connectivity index (χ1v) is 9.02. The Labute approximate surface area is 159 Å². The van der Waals surface area contributed by atoms with E-state index in [9.17, 15) is 8.78 Å². The van der Waals surface area contributed by atoms with Gasteiger partial charge in [0.25, 0.3) is 0 Å². The molecule has 5 rings (SSSR count). The number of hydrogen-bond acceptors (Lipinski definition) is 6. The van der Waals surface area contributed by atoms with Crippen LogP contribution in [0.2, 0.25) is 0 Å². The van der Waals surface area contributed by atoms with E-state index < -0.39 is 11.6 Å². The molecule has 1 fully saturated rings. The van der Waals surface area contributed by atoms with Crippen LogP contribution in [0.15, 0.2) is 36.5 Å². The van der Waals surface area contributed by atoms with Gasteiger partial charge in [-0.3, -0.25) is 0 Å². The number of nitrogens with two attached hydrogens (primary N) is 1. The Hall–Kier alpha value is -3.20. The van der Waals surface area contributed by atoms with Gasteiger partial charge in [0, 0.05) is 12.7 Å². The summed E-state index contributed by atoms with van der Waals surface area (Å²) in [5.41, 5.74) is 8.60. The average molecular weight is 381 g/mol. The fourth-order valence-corrected chi connectivity index (χ4v) is 4.00. The van der Waals surface area contributed by atoms with Gasteiger partial charge in [-0.2, -0.15) is 4.68 Å². The Balaban J connectivity index is 1.58. The third-order valence-electron chi connectivity index (χ3n) is 5.45. The number of rotatable bonds is 3. The fraction of sp³-hybridized carbons (Fsp3) is 0.263. The fourth-order valence-electron chi connectivity index (χ4n) is 4.00. The lowest BCUT2D eigenvalue weighted by Crippen LogP contribution is -2.09. The monoisotopic (exact) mass is 381 g/mol. The molecule has 3 heterocycles. The zero-order chi connectivity index (χ0) is 19.3. The van der Waals surface area contributed by atoms with Crippen LogP contribution in [-0.4, -0.2) is 38.3 Å². The maximum absolute atomic E-state index is 14.3. The molecule has 142 valence electrons. The highest BCUT2D eigenvalue weighted by molar-refractivity contribution is 5.77. The van der Waals surface area contributed by atoms with Crippen molar-refractivity contribution >= 4 is 11.4 Å². The average Bonchev–Trinajstić information content (AvgIpc) is 3.40. The van der Waals surface area contributed by atoms with Gasteiger partial charge in [0.15, 0.2) is 17.5 Å². The molecule has 1 saturated heterocycles. The molecule has 1 aliphatic heterocycles. The predicted molar refractivity (Wildman–Crippen MR) is 99.2 cm³/mol. The minimum atomic E-state index is -1.03.